The highest BCUT2D eigenvalue weighted by atomic mass is 16.7. The van der Waals surface area contributed by atoms with Crippen molar-refractivity contribution in [2.45, 2.75) is 50.2 Å². The van der Waals surface area contributed by atoms with Crippen LogP contribution in [0.2, 0.25) is 0 Å². The highest BCUT2D eigenvalue weighted by molar-refractivity contribution is 5.41. The summed E-state index contributed by atoms with van der Waals surface area (Å²) in [6.07, 6.45) is -5.83. The molecule has 5 atom stereocenters. The summed E-state index contributed by atoms with van der Waals surface area (Å²) in [5.41, 5.74) is 3.37. The molecule has 6 N–H and O–H groups in total. The lowest BCUT2D eigenvalue weighted by molar-refractivity contribution is -0.277. The molecule has 3 rings (SSSR count). The normalized spacial score (nSPS) is 26.5. The fraction of sp³-hybridized carbons (Fsp3) is 0.455. The third-order valence-corrected chi connectivity index (χ3v) is 5.22. The predicted octanol–water partition coefficient (Wildman–Crippen LogP) is -0.517. The van der Waals surface area contributed by atoms with E-state index in [4.69, 9.17) is 14.6 Å². The Morgan fingerprint density at radius 2 is 1.47 bits per heavy atom. The maximum atomic E-state index is 10.3. The van der Waals surface area contributed by atoms with Crippen LogP contribution in [0.1, 0.15) is 22.3 Å². The molecule has 0 aromatic heterocycles. The fourth-order valence-electron chi connectivity index (χ4n) is 3.42. The van der Waals surface area contributed by atoms with E-state index >= 15 is 0 Å². The molecule has 8 heteroatoms. The van der Waals surface area contributed by atoms with Crippen LogP contribution in [0.4, 0.5) is 0 Å². The van der Waals surface area contributed by atoms with Crippen molar-refractivity contribution in [3.05, 3.63) is 64.7 Å². The Labute approximate surface area is 174 Å². The summed E-state index contributed by atoms with van der Waals surface area (Å²) in [5.74, 6) is 0.352. The van der Waals surface area contributed by atoms with Gasteiger partial charge in [0.2, 0.25) is 6.29 Å². The molecule has 0 aliphatic carbocycles. The van der Waals surface area contributed by atoms with Crippen LogP contribution in [0.15, 0.2) is 42.5 Å². The smallest absolute Gasteiger partial charge is 0.229 e. The Morgan fingerprint density at radius 1 is 0.800 bits per heavy atom. The molecule has 0 amide bonds. The van der Waals surface area contributed by atoms with Gasteiger partial charge in [-0.25, -0.2) is 0 Å². The molecule has 1 fully saturated rings. The summed E-state index contributed by atoms with van der Waals surface area (Å²) in [4.78, 5) is 0. The van der Waals surface area contributed by atoms with Crippen molar-refractivity contribution in [2.24, 2.45) is 0 Å². The van der Waals surface area contributed by atoms with Crippen molar-refractivity contribution in [1.29, 1.82) is 0 Å². The van der Waals surface area contributed by atoms with Crippen LogP contribution in [0.25, 0.3) is 0 Å². The second kappa shape index (κ2) is 10.3. The summed E-state index contributed by atoms with van der Waals surface area (Å²) >= 11 is 0. The summed E-state index contributed by atoms with van der Waals surface area (Å²) < 4.78 is 11.3. The molecular weight excluding hydrogens is 392 g/mol. The second-order valence-corrected chi connectivity index (χ2v) is 7.38. The lowest BCUT2D eigenvalue weighted by Gasteiger charge is -2.39. The number of benzene rings is 2. The van der Waals surface area contributed by atoms with Crippen LogP contribution in [-0.4, -0.2) is 74.6 Å². The summed E-state index contributed by atoms with van der Waals surface area (Å²) in [6.45, 7) is -0.672. The monoisotopic (exact) mass is 420 g/mol. The summed E-state index contributed by atoms with van der Waals surface area (Å²) in [6, 6.07) is 12.9. The minimum Gasteiger partial charge on any atom is -0.462 e. The topological polar surface area (TPSA) is 140 Å². The Kier molecular flexibility index (Phi) is 7.79. The second-order valence-electron chi connectivity index (χ2n) is 7.38. The zero-order valence-corrected chi connectivity index (χ0v) is 16.5. The van der Waals surface area contributed by atoms with Gasteiger partial charge in [0.25, 0.3) is 0 Å². The zero-order chi connectivity index (χ0) is 21.7. The molecule has 1 heterocycles. The Balaban J connectivity index is 1.82. The van der Waals surface area contributed by atoms with Crippen molar-refractivity contribution in [3.63, 3.8) is 0 Å². The van der Waals surface area contributed by atoms with E-state index < -0.39 is 37.3 Å². The zero-order valence-electron chi connectivity index (χ0n) is 16.5. The number of aliphatic hydroxyl groups excluding tert-OH is 6. The van der Waals surface area contributed by atoms with Gasteiger partial charge in [0.1, 0.15) is 30.2 Å². The molecule has 0 saturated carbocycles. The molecule has 0 unspecified atom stereocenters. The third kappa shape index (κ3) is 5.16. The number of hydrogen-bond donors (Lipinski definition) is 6. The molecule has 0 bridgehead atoms. The fourth-order valence-corrected chi connectivity index (χ4v) is 3.42. The first-order valence-corrected chi connectivity index (χ1v) is 9.85. The number of hydrogen-bond acceptors (Lipinski definition) is 8. The van der Waals surface area contributed by atoms with Crippen LogP contribution in [0.5, 0.6) is 5.75 Å². The molecule has 2 aromatic carbocycles. The standard InChI is InChI=1S/C22H28O8/c23-8-7-13-1-3-14(4-2-13)9-16-6-5-15(11-24)10-17(16)29-22-21(28)20(27)19(26)18(12-25)30-22/h1-6,10,18-28H,7-9,11-12H2/t18-,19-,20+,21-,22-/m1/s1. The molecular formula is C22H28O8. The van der Waals surface area contributed by atoms with Crippen LogP contribution < -0.4 is 4.74 Å². The molecule has 8 nitrogen and oxygen atoms in total. The van der Waals surface area contributed by atoms with E-state index in [-0.39, 0.29) is 13.2 Å². The molecule has 1 aliphatic rings. The first-order chi connectivity index (χ1) is 14.5. The Bertz CT molecular complexity index is 807. The van der Waals surface area contributed by atoms with Gasteiger partial charge >= 0.3 is 0 Å². The molecule has 164 valence electrons. The number of rotatable bonds is 8. The van der Waals surface area contributed by atoms with Gasteiger partial charge in [-0.05, 0) is 34.7 Å². The largest absolute Gasteiger partial charge is 0.462 e. The predicted molar refractivity (Wildman–Crippen MR) is 107 cm³/mol. The highest BCUT2D eigenvalue weighted by Gasteiger charge is 2.44. The average molecular weight is 420 g/mol. The molecule has 0 spiro atoms. The van der Waals surface area contributed by atoms with Gasteiger partial charge in [0.15, 0.2) is 0 Å². The van der Waals surface area contributed by atoms with Crippen molar-refractivity contribution in [2.75, 3.05) is 13.2 Å². The van der Waals surface area contributed by atoms with Crippen molar-refractivity contribution >= 4 is 0 Å². The molecule has 0 radical (unpaired) electrons. The molecule has 1 aliphatic heterocycles. The van der Waals surface area contributed by atoms with Gasteiger partial charge < -0.3 is 40.1 Å². The Morgan fingerprint density at radius 3 is 2.10 bits per heavy atom. The van der Waals surface area contributed by atoms with E-state index in [1.807, 2.05) is 24.3 Å². The van der Waals surface area contributed by atoms with Crippen molar-refractivity contribution < 1.29 is 40.1 Å². The number of ether oxygens (including phenoxy) is 2. The van der Waals surface area contributed by atoms with E-state index in [1.165, 1.54) is 0 Å². The van der Waals surface area contributed by atoms with E-state index in [1.54, 1.807) is 18.2 Å². The minimum atomic E-state index is -1.54. The van der Waals surface area contributed by atoms with Gasteiger partial charge in [-0.3, -0.25) is 0 Å². The molecule has 2 aromatic rings. The summed E-state index contributed by atoms with van der Waals surface area (Å²) in [5, 5.41) is 58.1. The van der Waals surface area contributed by atoms with Crippen LogP contribution in [-0.2, 0) is 24.2 Å². The van der Waals surface area contributed by atoms with Crippen LogP contribution in [0.3, 0.4) is 0 Å². The van der Waals surface area contributed by atoms with Crippen LogP contribution in [0, 0.1) is 0 Å². The molecule has 1 saturated heterocycles. The van der Waals surface area contributed by atoms with Gasteiger partial charge in [0.05, 0.1) is 13.2 Å². The lowest BCUT2D eigenvalue weighted by Crippen LogP contribution is -2.60. The SMILES string of the molecule is OCCc1ccc(Cc2ccc(CO)cc2O[C@@H]2O[C@H](CO)[C@@H](O)[C@H](O)[C@H]2O)cc1. The average Bonchev–Trinajstić information content (AvgIpc) is 2.76. The maximum absolute atomic E-state index is 10.3. The first-order valence-electron chi connectivity index (χ1n) is 9.85. The number of aliphatic hydroxyl groups is 6. The lowest BCUT2D eigenvalue weighted by atomic mass is 9.99. The van der Waals surface area contributed by atoms with E-state index in [0.717, 1.165) is 16.7 Å². The molecule has 30 heavy (non-hydrogen) atoms. The van der Waals surface area contributed by atoms with E-state index in [0.29, 0.717) is 24.2 Å². The van der Waals surface area contributed by atoms with Crippen molar-refractivity contribution in [1.82, 2.24) is 0 Å². The van der Waals surface area contributed by atoms with Crippen LogP contribution >= 0.6 is 0 Å². The Hall–Kier alpha value is -2.04. The van der Waals surface area contributed by atoms with Gasteiger partial charge in [-0.15, -0.1) is 0 Å². The first kappa shape index (κ1) is 22.6. The quantitative estimate of drug-likeness (QED) is 0.335. The van der Waals surface area contributed by atoms with Gasteiger partial charge in [-0.1, -0.05) is 36.4 Å². The highest BCUT2D eigenvalue weighted by Crippen LogP contribution is 2.29. The minimum absolute atomic E-state index is 0.0824. The summed E-state index contributed by atoms with van der Waals surface area (Å²) in [7, 11) is 0. The maximum Gasteiger partial charge on any atom is 0.229 e. The van der Waals surface area contributed by atoms with E-state index in [9.17, 15) is 25.5 Å². The van der Waals surface area contributed by atoms with Gasteiger partial charge in [-0.2, -0.15) is 0 Å². The van der Waals surface area contributed by atoms with Gasteiger partial charge in [0, 0.05) is 13.0 Å². The van der Waals surface area contributed by atoms with E-state index in [2.05, 4.69) is 0 Å². The third-order valence-electron chi connectivity index (χ3n) is 5.22. The van der Waals surface area contributed by atoms with Crippen molar-refractivity contribution in [3.8, 4) is 5.75 Å².